The average Bonchev–Trinajstić information content (AvgIpc) is 2.43. The van der Waals surface area contributed by atoms with Crippen molar-refractivity contribution in [2.75, 3.05) is 24.7 Å². The molecular formula is C14H21NO3S. The molecule has 0 aromatic heterocycles. The Morgan fingerprint density at radius 2 is 2.11 bits per heavy atom. The van der Waals surface area contributed by atoms with Gasteiger partial charge in [-0.2, -0.15) is 11.8 Å². The fourth-order valence-corrected chi connectivity index (χ4v) is 2.27. The number of ether oxygens (including phenoxy) is 2. The molecule has 0 radical (unpaired) electrons. The summed E-state index contributed by atoms with van der Waals surface area (Å²) < 4.78 is 10.4. The fraction of sp³-hybridized carbons (Fsp3) is 0.500. The van der Waals surface area contributed by atoms with Gasteiger partial charge in [-0.15, -0.1) is 0 Å². The molecule has 0 aliphatic heterocycles. The molecule has 106 valence electrons. The topological polar surface area (TPSA) is 61.5 Å². The Morgan fingerprint density at radius 3 is 2.79 bits per heavy atom. The third kappa shape index (κ3) is 7.08. The summed E-state index contributed by atoms with van der Waals surface area (Å²) in [5.41, 5.74) is 5.68. The lowest BCUT2D eigenvalue weighted by Gasteiger charge is -2.10. The maximum atomic E-state index is 11.3. The van der Waals surface area contributed by atoms with Gasteiger partial charge in [0.1, 0.15) is 11.8 Å². The zero-order chi connectivity index (χ0) is 13.9. The van der Waals surface area contributed by atoms with E-state index in [0.29, 0.717) is 19.0 Å². The van der Waals surface area contributed by atoms with Crippen LogP contribution in [0.3, 0.4) is 0 Å². The van der Waals surface area contributed by atoms with Gasteiger partial charge < -0.3 is 15.2 Å². The van der Waals surface area contributed by atoms with Gasteiger partial charge in [-0.05, 0) is 31.2 Å². The van der Waals surface area contributed by atoms with Crippen LogP contribution in [0.15, 0.2) is 30.3 Å². The normalized spacial score (nSPS) is 11.9. The molecule has 1 aromatic rings. The van der Waals surface area contributed by atoms with E-state index in [1.54, 1.807) is 18.7 Å². The van der Waals surface area contributed by atoms with Crippen LogP contribution in [-0.2, 0) is 9.53 Å². The predicted octanol–water partition coefficient (Wildman–Crippen LogP) is 2.08. The van der Waals surface area contributed by atoms with Gasteiger partial charge in [0.25, 0.3) is 0 Å². The lowest BCUT2D eigenvalue weighted by atomic mass is 10.3. The standard InChI is InChI=1S/C14H21NO3S/c1-2-17-14(16)13(15)11-19-10-6-9-18-12-7-4-3-5-8-12/h3-5,7-8,13H,2,6,9-11,15H2,1H3. The second-order valence-electron chi connectivity index (χ2n) is 3.95. The van der Waals surface area contributed by atoms with E-state index in [9.17, 15) is 4.79 Å². The highest BCUT2D eigenvalue weighted by Crippen LogP contribution is 2.10. The summed E-state index contributed by atoms with van der Waals surface area (Å²) in [6.07, 6.45) is 0.926. The molecular weight excluding hydrogens is 262 g/mol. The Labute approximate surface area is 118 Å². The fourth-order valence-electron chi connectivity index (χ4n) is 1.40. The molecule has 1 aromatic carbocycles. The number of hydrogen-bond donors (Lipinski definition) is 1. The van der Waals surface area contributed by atoms with Crippen molar-refractivity contribution in [3.63, 3.8) is 0 Å². The van der Waals surface area contributed by atoms with Crippen molar-refractivity contribution in [2.24, 2.45) is 5.73 Å². The molecule has 0 aliphatic rings. The molecule has 0 heterocycles. The minimum atomic E-state index is -0.528. The molecule has 0 spiro atoms. The summed E-state index contributed by atoms with van der Waals surface area (Å²) in [5, 5.41) is 0. The summed E-state index contributed by atoms with van der Waals surface area (Å²) >= 11 is 1.64. The van der Waals surface area contributed by atoms with Gasteiger partial charge in [0.05, 0.1) is 13.2 Å². The first-order valence-corrected chi connectivity index (χ1v) is 7.57. The minimum Gasteiger partial charge on any atom is -0.494 e. The molecule has 0 aliphatic carbocycles. The molecule has 1 rings (SSSR count). The highest BCUT2D eigenvalue weighted by atomic mass is 32.2. The number of thioether (sulfide) groups is 1. The van der Waals surface area contributed by atoms with Gasteiger partial charge in [0.2, 0.25) is 0 Å². The predicted molar refractivity (Wildman–Crippen MR) is 78.5 cm³/mol. The molecule has 19 heavy (non-hydrogen) atoms. The van der Waals surface area contributed by atoms with E-state index in [0.717, 1.165) is 17.9 Å². The monoisotopic (exact) mass is 283 g/mol. The van der Waals surface area contributed by atoms with Crippen LogP contribution in [0.1, 0.15) is 13.3 Å². The van der Waals surface area contributed by atoms with Crippen molar-refractivity contribution in [3.8, 4) is 5.75 Å². The lowest BCUT2D eigenvalue weighted by Crippen LogP contribution is -2.34. The zero-order valence-corrected chi connectivity index (χ0v) is 12.0. The van der Waals surface area contributed by atoms with Crippen LogP contribution in [0.4, 0.5) is 0 Å². The Kier molecular flexibility index (Phi) is 8.09. The third-order valence-electron chi connectivity index (χ3n) is 2.33. The summed E-state index contributed by atoms with van der Waals surface area (Å²) in [6, 6.07) is 9.19. The van der Waals surface area contributed by atoms with Crippen LogP contribution >= 0.6 is 11.8 Å². The smallest absolute Gasteiger partial charge is 0.323 e. The summed E-state index contributed by atoms with van der Waals surface area (Å²) in [7, 11) is 0. The van der Waals surface area contributed by atoms with Crippen LogP contribution in [0.25, 0.3) is 0 Å². The van der Waals surface area contributed by atoms with Gasteiger partial charge in [-0.25, -0.2) is 0 Å². The molecule has 4 nitrogen and oxygen atoms in total. The SMILES string of the molecule is CCOC(=O)C(N)CSCCCOc1ccccc1. The number of nitrogens with two attached hydrogens (primary N) is 1. The number of carbonyl (C=O) groups is 1. The van der Waals surface area contributed by atoms with E-state index in [2.05, 4.69) is 0 Å². The van der Waals surface area contributed by atoms with E-state index in [1.807, 2.05) is 30.3 Å². The van der Waals surface area contributed by atoms with E-state index in [1.165, 1.54) is 0 Å². The molecule has 0 bridgehead atoms. The van der Waals surface area contributed by atoms with Gasteiger partial charge in [-0.3, -0.25) is 4.79 Å². The number of para-hydroxylation sites is 1. The van der Waals surface area contributed by atoms with Crippen molar-refractivity contribution in [1.82, 2.24) is 0 Å². The van der Waals surface area contributed by atoms with Crippen molar-refractivity contribution >= 4 is 17.7 Å². The molecule has 0 fully saturated rings. The van der Waals surface area contributed by atoms with E-state index >= 15 is 0 Å². The maximum absolute atomic E-state index is 11.3. The molecule has 0 saturated heterocycles. The second kappa shape index (κ2) is 9.69. The van der Waals surface area contributed by atoms with Crippen molar-refractivity contribution < 1.29 is 14.3 Å². The number of carbonyl (C=O) groups excluding carboxylic acids is 1. The largest absolute Gasteiger partial charge is 0.494 e. The second-order valence-corrected chi connectivity index (χ2v) is 5.10. The van der Waals surface area contributed by atoms with E-state index in [4.69, 9.17) is 15.2 Å². The summed E-state index contributed by atoms with van der Waals surface area (Å²) in [4.78, 5) is 11.3. The van der Waals surface area contributed by atoms with Crippen molar-refractivity contribution in [1.29, 1.82) is 0 Å². The number of rotatable bonds is 9. The van der Waals surface area contributed by atoms with Crippen LogP contribution in [0.5, 0.6) is 5.75 Å². The Hall–Kier alpha value is -1.20. The Morgan fingerprint density at radius 1 is 1.37 bits per heavy atom. The molecule has 0 saturated carbocycles. The molecule has 1 atom stereocenters. The third-order valence-corrected chi connectivity index (χ3v) is 3.50. The van der Waals surface area contributed by atoms with Crippen LogP contribution in [-0.4, -0.2) is 36.7 Å². The van der Waals surface area contributed by atoms with E-state index in [-0.39, 0.29) is 5.97 Å². The number of esters is 1. The van der Waals surface area contributed by atoms with Gasteiger partial charge in [-0.1, -0.05) is 18.2 Å². The van der Waals surface area contributed by atoms with Gasteiger partial charge >= 0.3 is 5.97 Å². The minimum absolute atomic E-state index is 0.324. The number of hydrogen-bond acceptors (Lipinski definition) is 5. The highest BCUT2D eigenvalue weighted by Gasteiger charge is 2.13. The summed E-state index contributed by atoms with van der Waals surface area (Å²) in [5.74, 6) is 2.07. The zero-order valence-electron chi connectivity index (χ0n) is 11.2. The van der Waals surface area contributed by atoms with E-state index < -0.39 is 6.04 Å². The molecule has 2 N–H and O–H groups in total. The van der Waals surface area contributed by atoms with Gasteiger partial charge in [0.15, 0.2) is 0 Å². The Bertz CT molecular complexity index is 359. The van der Waals surface area contributed by atoms with Crippen molar-refractivity contribution in [3.05, 3.63) is 30.3 Å². The van der Waals surface area contributed by atoms with Crippen LogP contribution < -0.4 is 10.5 Å². The molecule has 5 heteroatoms. The van der Waals surface area contributed by atoms with Crippen LogP contribution in [0.2, 0.25) is 0 Å². The van der Waals surface area contributed by atoms with Crippen molar-refractivity contribution in [2.45, 2.75) is 19.4 Å². The Balaban J connectivity index is 2.01. The highest BCUT2D eigenvalue weighted by molar-refractivity contribution is 7.99. The summed E-state index contributed by atoms with van der Waals surface area (Å²) in [6.45, 7) is 2.83. The van der Waals surface area contributed by atoms with Gasteiger partial charge in [0, 0.05) is 5.75 Å². The molecule has 0 amide bonds. The lowest BCUT2D eigenvalue weighted by molar-refractivity contribution is -0.144. The first-order valence-electron chi connectivity index (χ1n) is 6.42. The first kappa shape index (κ1) is 15.9. The maximum Gasteiger partial charge on any atom is 0.323 e. The number of benzene rings is 1. The van der Waals surface area contributed by atoms with Crippen LogP contribution in [0, 0.1) is 0 Å². The quantitative estimate of drug-likeness (QED) is 0.555. The average molecular weight is 283 g/mol. The molecule has 1 unspecified atom stereocenters. The first-order chi connectivity index (χ1) is 9.24.